The van der Waals surface area contributed by atoms with Crippen molar-refractivity contribution in [3.63, 3.8) is 0 Å². The van der Waals surface area contributed by atoms with Gasteiger partial charge in [0.05, 0.1) is 23.1 Å². The third-order valence-corrected chi connectivity index (χ3v) is 3.88. The summed E-state index contributed by atoms with van der Waals surface area (Å²) in [4.78, 5) is 30.0. The zero-order valence-electron chi connectivity index (χ0n) is 13.0. The molecule has 2 heterocycles. The van der Waals surface area contributed by atoms with Crippen LogP contribution < -0.4 is 10.4 Å². The molecule has 0 atom stereocenters. The van der Waals surface area contributed by atoms with Crippen molar-refractivity contribution < 1.29 is 14.1 Å². The number of para-hydroxylation sites is 1. The molecule has 124 valence electrons. The van der Waals surface area contributed by atoms with Crippen LogP contribution in [-0.4, -0.2) is 22.0 Å². The first-order valence-corrected chi connectivity index (χ1v) is 7.32. The third-order valence-electron chi connectivity index (χ3n) is 3.88. The number of imidazole rings is 1. The molecule has 4 rings (SSSR count). The van der Waals surface area contributed by atoms with E-state index in [1.165, 1.54) is 25.3 Å². The van der Waals surface area contributed by atoms with Gasteiger partial charge in [-0.3, -0.25) is 10.1 Å². The van der Waals surface area contributed by atoms with E-state index in [1.807, 2.05) is 0 Å². The predicted molar refractivity (Wildman–Crippen MR) is 90.8 cm³/mol. The second-order valence-electron chi connectivity index (χ2n) is 5.37. The van der Waals surface area contributed by atoms with Gasteiger partial charge in [0.2, 0.25) is 0 Å². The molecule has 0 saturated heterocycles. The average Bonchev–Trinajstić information content (AvgIpc) is 3.03. The van der Waals surface area contributed by atoms with E-state index in [9.17, 15) is 14.9 Å². The minimum atomic E-state index is -0.578. The van der Waals surface area contributed by atoms with Gasteiger partial charge >= 0.3 is 5.63 Å². The molecule has 0 fully saturated rings. The molecular weight excluding hydrogens is 326 g/mol. The van der Waals surface area contributed by atoms with Gasteiger partial charge in [0.25, 0.3) is 5.69 Å². The first-order valence-electron chi connectivity index (χ1n) is 7.32. The van der Waals surface area contributed by atoms with Gasteiger partial charge in [-0.1, -0.05) is 12.1 Å². The number of hydrogen-bond acceptors (Lipinski definition) is 6. The second kappa shape index (κ2) is 5.45. The first-order chi connectivity index (χ1) is 12.1. The Morgan fingerprint density at radius 2 is 2.08 bits per heavy atom. The molecule has 0 aliphatic carbocycles. The molecule has 4 aromatic rings. The van der Waals surface area contributed by atoms with E-state index in [2.05, 4.69) is 9.97 Å². The van der Waals surface area contributed by atoms with Crippen LogP contribution in [0.15, 0.2) is 51.7 Å². The summed E-state index contributed by atoms with van der Waals surface area (Å²) in [6.07, 6.45) is 0. The smallest absolute Gasteiger partial charge is 0.347 e. The molecule has 0 bridgehead atoms. The molecule has 1 N–H and O–H groups in total. The maximum atomic E-state index is 12.4. The van der Waals surface area contributed by atoms with Crippen LogP contribution in [-0.2, 0) is 0 Å². The SMILES string of the molecule is COc1cccc2cc(-c3nc4ccc([N+](=O)[O-])cc4[nH]3)c(=O)oc12. The van der Waals surface area contributed by atoms with Crippen molar-refractivity contribution in [2.45, 2.75) is 0 Å². The Balaban J connectivity index is 1.92. The fraction of sp³-hybridized carbons (Fsp3) is 0.0588. The summed E-state index contributed by atoms with van der Waals surface area (Å²) in [5.74, 6) is 0.746. The van der Waals surface area contributed by atoms with Crippen molar-refractivity contribution in [2.75, 3.05) is 7.11 Å². The van der Waals surface area contributed by atoms with Crippen molar-refractivity contribution in [3.8, 4) is 17.1 Å². The number of nitrogens with zero attached hydrogens (tertiary/aromatic N) is 2. The number of nitro benzene ring substituents is 1. The van der Waals surface area contributed by atoms with E-state index >= 15 is 0 Å². The van der Waals surface area contributed by atoms with E-state index < -0.39 is 10.5 Å². The van der Waals surface area contributed by atoms with Gasteiger partial charge in [0, 0.05) is 17.5 Å². The van der Waals surface area contributed by atoms with E-state index in [0.717, 1.165) is 0 Å². The lowest BCUT2D eigenvalue weighted by Gasteiger charge is -2.04. The van der Waals surface area contributed by atoms with Crippen molar-refractivity contribution in [3.05, 3.63) is 63.0 Å². The molecule has 0 unspecified atom stereocenters. The van der Waals surface area contributed by atoms with Gasteiger partial charge in [0.15, 0.2) is 11.3 Å². The highest BCUT2D eigenvalue weighted by molar-refractivity contribution is 5.87. The summed E-state index contributed by atoms with van der Waals surface area (Å²) in [7, 11) is 1.49. The van der Waals surface area contributed by atoms with Crippen LogP contribution in [0.3, 0.4) is 0 Å². The highest BCUT2D eigenvalue weighted by Gasteiger charge is 2.15. The predicted octanol–water partition coefficient (Wildman–Crippen LogP) is 3.25. The summed E-state index contributed by atoms with van der Waals surface area (Å²) in [6.45, 7) is 0. The highest BCUT2D eigenvalue weighted by Crippen LogP contribution is 2.28. The molecule has 25 heavy (non-hydrogen) atoms. The summed E-state index contributed by atoms with van der Waals surface area (Å²) in [5, 5.41) is 11.6. The lowest BCUT2D eigenvalue weighted by Crippen LogP contribution is -2.04. The summed E-state index contributed by atoms with van der Waals surface area (Å²) >= 11 is 0. The van der Waals surface area contributed by atoms with Crippen molar-refractivity contribution in [1.82, 2.24) is 9.97 Å². The number of rotatable bonds is 3. The molecule has 0 aliphatic rings. The molecule has 0 spiro atoms. The van der Waals surface area contributed by atoms with Gasteiger partial charge in [-0.2, -0.15) is 0 Å². The first kappa shape index (κ1) is 14.9. The number of ether oxygens (including phenoxy) is 1. The number of fused-ring (bicyclic) bond motifs is 2. The van der Waals surface area contributed by atoms with Crippen LogP contribution in [0.5, 0.6) is 5.75 Å². The Morgan fingerprint density at radius 3 is 2.84 bits per heavy atom. The Morgan fingerprint density at radius 1 is 1.24 bits per heavy atom. The quantitative estimate of drug-likeness (QED) is 0.349. The lowest BCUT2D eigenvalue weighted by molar-refractivity contribution is -0.384. The molecule has 2 aromatic carbocycles. The van der Waals surface area contributed by atoms with Gasteiger partial charge in [0.1, 0.15) is 11.4 Å². The Kier molecular flexibility index (Phi) is 3.24. The number of methoxy groups -OCH3 is 1. The van der Waals surface area contributed by atoms with Crippen LogP contribution in [0, 0.1) is 10.1 Å². The normalized spacial score (nSPS) is 11.1. The maximum Gasteiger partial charge on any atom is 0.347 e. The molecule has 2 aromatic heterocycles. The van der Waals surface area contributed by atoms with E-state index in [0.29, 0.717) is 27.8 Å². The number of H-pyrrole nitrogens is 1. The number of aromatic amines is 1. The Hall–Kier alpha value is -3.68. The zero-order chi connectivity index (χ0) is 17.6. The minimum absolute atomic E-state index is 0.0574. The number of hydrogen-bond donors (Lipinski definition) is 1. The van der Waals surface area contributed by atoms with E-state index in [4.69, 9.17) is 9.15 Å². The molecule has 8 nitrogen and oxygen atoms in total. The van der Waals surface area contributed by atoms with Gasteiger partial charge in [-0.15, -0.1) is 0 Å². The van der Waals surface area contributed by atoms with Gasteiger partial charge in [-0.05, 0) is 18.2 Å². The standard InChI is InChI=1S/C17H11N3O5/c1-24-14-4-2-3-9-7-11(17(21)25-15(9)14)16-18-12-6-5-10(20(22)23)8-13(12)19-16/h2-8H,1H3,(H,18,19). The summed E-state index contributed by atoms with van der Waals surface area (Å²) in [6, 6.07) is 11.2. The topological polar surface area (TPSA) is 111 Å². The largest absolute Gasteiger partial charge is 0.493 e. The van der Waals surface area contributed by atoms with Crippen LogP contribution in [0.4, 0.5) is 5.69 Å². The van der Waals surface area contributed by atoms with Crippen LogP contribution in [0.25, 0.3) is 33.4 Å². The van der Waals surface area contributed by atoms with Gasteiger partial charge in [-0.25, -0.2) is 9.78 Å². The number of benzene rings is 2. The third kappa shape index (κ3) is 2.40. The van der Waals surface area contributed by atoms with Crippen molar-refractivity contribution in [1.29, 1.82) is 0 Å². The van der Waals surface area contributed by atoms with Crippen LogP contribution in [0.1, 0.15) is 0 Å². The fourth-order valence-electron chi connectivity index (χ4n) is 2.68. The van der Waals surface area contributed by atoms with Crippen LogP contribution in [0.2, 0.25) is 0 Å². The van der Waals surface area contributed by atoms with E-state index in [1.54, 1.807) is 24.3 Å². The number of nitrogens with one attached hydrogen (secondary N) is 1. The van der Waals surface area contributed by atoms with Crippen LogP contribution >= 0.6 is 0 Å². The minimum Gasteiger partial charge on any atom is -0.493 e. The average molecular weight is 337 g/mol. The molecule has 0 aliphatic heterocycles. The van der Waals surface area contributed by atoms with Gasteiger partial charge < -0.3 is 14.1 Å². The molecule has 8 heteroatoms. The maximum absolute atomic E-state index is 12.4. The Bertz CT molecular complexity index is 1190. The number of nitro groups is 1. The van der Waals surface area contributed by atoms with E-state index in [-0.39, 0.29) is 17.1 Å². The summed E-state index contributed by atoms with van der Waals surface area (Å²) in [5.41, 5.74) is 0.939. The van der Waals surface area contributed by atoms with Crippen molar-refractivity contribution >= 4 is 27.7 Å². The monoisotopic (exact) mass is 337 g/mol. The lowest BCUT2D eigenvalue weighted by atomic mass is 10.1. The Labute approximate surface area is 139 Å². The number of non-ortho nitro benzene ring substituents is 1. The number of aromatic nitrogens is 2. The molecule has 0 saturated carbocycles. The summed E-state index contributed by atoms with van der Waals surface area (Å²) < 4.78 is 10.6. The zero-order valence-corrected chi connectivity index (χ0v) is 13.0. The fourth-order valence-corrected chi connectivity index (χ4v) is 2.68. The molecule has 0 amide bonds. The highest BCUT2D eigenvalue weighted by atomic mass is 16.6. The second-order valence-corrected chi connectivity index (χ2v) is 5.37. The van der Waals surface area contributed by atoms with Crippen molar-refractivity contribution in [2.24, 2.45) is 0 Å². The molecular formula is C17H11N3O5. The molecule has 0 radical (unpaired) electrons.